The molecule has 2 N–H and O–H groups in total. The molecule has 0 aromatic rings. The van der Waals surface area contributed by atoms with Gasteiger partial charge in [0.25, 0.3) is 0 Å². The second kappa shape index (κ2) is 5.09. The monoisotopic (exact) mass is 145 g/mol. The molecule has 0 spiro atoms. The fraction of sp³-hybridized carbons (Fsp3) is 0.857. The van der Waals surface area contributed by atoms with Crippen LogP contribution < -0.4 is 5.73 Å². The Morgan fingerprint density at radius 2 is 2.30 bits per heavy atom. The third-order valence-electron chi connectivity index (χ3n) is 1.29. The predicted octanol–water partition coefficient (Wildman–Crippen LogP) is 1.52. The molecule has 3 nitrogen and oxygen atoms in total. The summed E-state index contributed by atoms with van der Waals surface area (Å²) in [6, 6.07) is 0. The molecular formula is C7H15NO2. The molecule has 0 saturated heterocycles. The standard InChI is InChI=1S/C7H15NO2/c1-3-4-6(2)5-10-7(8)9/h6H,3-5H2,1-2H3,(H2,8,9)/t6-/m1/s1. The number of carbonyl (C=O) groups excluding carboxylic acids is 1. The first kappa shape index (κ1) is 9.27. The summed E-state index contributed by atoms with van der Waals surface area (Å²) >= 11 is 0. The lowest BCUT2D eigenvalue weighted by Crippen LogP contribution is -2.17. The van der Waals surface area contributed by atoms with Crippen LogP contribution in [0.15, 0.2) is 0 Å². The Hall–Kier alpha value is -0.730. The van der Waals surface area contributed by atoms with Crippen LogP contribution in [0.4, 0.5) is 4.79 Å². The van der Waals surface area contributed by atoms with Crippen molar-refractivity contribution in [2.45, 2.75) is 26.7 Å². The summed E-state index contributed by atoms with van der Waals surface area (Å²) in [6.45, 7) is 4.58. The molecule has 60 valence electrons. The molecule has 0 aliphatic heterocycles. The summed E-state index contributed by atoms with van der Waals surface area (Å²) < 4.78 is 4.60. The normalized spacial score (nSPS) is 12.6. The number of hydrogen-bond donors (Lipinski definition) is 1. The molecule has 3 heteroatoms. The van der Waals surface area contributed by atoms with Crippen LogP contribution in [0.1, 0.15) is 26.7 Å². The summed E-state index contributed by atoms with van der Waals surface area (Å²) in [4.78, 5) is 10.1. The molecule has 1 atom stereocenters. The van der Waals surface area contributed by atoms with Gasteiger partial charge in [0.15, 0.2) is 0 Å². The van der Waals surface area contributed by atoms with Crippen LogP contribution in [-0.2, 0) is 4.74 Å². The van der Waals surface area contributed by atoms with E-state index >= 15 is 0 Å². The van der Waals surface area contributed by atoms with Gasteiger partial charge in [-0.15, -0.1) is 0 Å². The maximum absolute atomic E-state index is 10.1. The number of ether oxygens (including phenoxy) is 1. The van der Waals surface area contributed by atoms with E-state index in [0.29, 0.717) is 12.5 Å². The van der Waals surface area contributed by atoms with Crippen molar-refractivity contribution in [3.05, 3.63) is 0 Å². The zero-order chi connectivity index (χ0) is 7.98. The van der Waals surface area contributed by atoms with Crippen molar-refractivity contribution in [1.82, 2.24) is 0 Å². The quantitative estimate of drug-likeness (QED) is 0.652. The van der Waals surface area contributed by atoms with Crippen LogP contribution in [0.3, 0.4) is 0 Å². The van der Waals surface area contributed by atoms with Crippen LogP contribution in [0.5, 0.6) is 0 Å². The predicted molar refractivity (Wildman–Crippen MR) is 39.6 cm³/mol. The molecule has 0 unspecified atom stereocenters. The van der Waals surface area contributed by atoms with Gasteiger partial charge in [0.1, 0.15) is 0 Å². The fourth-order valence-electron chi connectivity index (χ4n) is 0.801. The number of nitrogens with two attached hydrogens (primary N) is 1. The molecule has 0 saturated carbocycles. The molecular weight excluding hydrogens is 130 g/mol. The average molecular weight is 145 g/mol. The molecule has 0 aromatic carbocycles. The lowest BCUT2D eigenvalue weighted by atomic mass is 10.1. The minimum atomic E-state index is -0.678. The lowest BCUT2D eigenvalue weighted by Gasteiger charge is -2.08. The van der Waals surface area contributed by atoms with Gasteiger partial charge in [-0.3, -0.25) is 0 Å². The Morgan fingerprint density at radius 1 is 1.70 bits per heavy atom. The Bertz CT molecular complexity index is 104. The summed E-state index contributed by atoms with van der Waals surface area (Å²) in [5.41, 5.74) is 4.78. The van der Waals surface area contributed by atoms with Crippen molar-refractivity contribution in [3.8, 4) is 0 Å². The SMILES string of the molecule is CCC[C@@H](C)COC(N)=O. The number of rotatable bonds is 4. The summed E-state index contributed by atoms with van der Waals surface area (Å²) in [6.07, 6.45) is 1.51. The average Bonchev–Trinajstić information content (AvgIpc) is 1.85. The van der Waals surface area contributed by atoms with Gasteiger partial charge in [-0.1, -0.05) is 20.3 Å². The first-order valence-electron chi connectivity index (χ1n) is 3.59. The zero-order valence-electron chi connectivity index (χ0n) is 6.59. The Labute approximate surface area is 61.5 Å². The van der Waals surface area contributed by atoms with E-state index < -0.39 is 6.09 Å². The summed E-state index contributed by atoms with van der Waals surface area (Å²) in [5.74, 6) is 0.428. The van der Waals surface area contributed by atoms with Gasteiger partial charge in [-0.2, -0.15) is 0 Å². The summed E-state index contributed by atoms with van der Waals surface area (Å²) in [7, 11) is 0. The van der Waals surface area contributed by atoms with Crippen LogP contribution in [0.25, 0.3) is 0 Å². The molecule has 10 heavy (non-hydrogen) atoms. The minimum absolute atomic E-state index is 0.428. The van der Waals surface area contributed by atoms with E-state index in [-0.39, 0.29) is 0 Å². The molecule has 0 radical (unpaired) electrons. The second-order valence-corrected chi connectivity index (χ2v) is 2.52. The van der Waals surface area contributed by atoms with E-state index in [1.165, 1.54) is 0 Å². The second-order valence-electron chi connectivity index (χ2n) is 2.52. The molecule has 0 aliphatic carbocycles. The van der Waals surface area contributed by atoms with Crippen molar-refractivity contribution >= 4 is 6.09 Å². The third kappa shape index (κ3) is 5.41. The lowest BCUT2D eigenvalue weighted by molar-refractivity contribution is 0.137. The van der Waals surface area contributed by atoms with Gasteiger partial charge in [-0.25, -0.2) is 4.79 Å². The van der Waals surface area contributed by atoms with Gasteiger partial charge in [0, 0.05) is 0 Å². The number of amides is 1. The van der Waals surface area contributed by atoms with Gasteiger partial charge in [0.05, 0.1) is 6.61 Å². The zero-order valence-corrected chi connectivity index (χ0v) is 6.59. The Morgan fingerprint density at radius 3 is 2.70 bits per heavy atom. The van der Waals surface area contributed by atoms with Crippen LogP contribution >= 0.6 is 0 Å². The fourth-order valence-corrected chi connectivity index (χ4v) is 0.801. The molecule has 0 rings (SSSR count). The van der Waals surface area contributed by atoms with E-state index in [1.807, 2.05) is 6.92 Å². The van der Waals surface area contributed by atoms with Gasteiger partial charge < -0.3 is 10.5 Å². The van der Waals surface area contributed by atoms with Crippen molar-refractivity contribution in [1.29, 1.82) is 0 Å². The maximum atomic E-state index is 10.1. The number of hydrogen-bond acceptors (Lipinski definition) is 2. The van der Waals surface area contributed by atoms with E-state index in [4.69, 9.17) is 5.73 Å². The Kier molecular flexibility index (Phi) is 4.72. The van der Waals surface area contributed by atoms with E-state index in [0.717, 1.165) is 12.8 Å². The van der Waals surface area contributed by atoms with Crippen LogP contribution in [0, 0.1) is 5.92 Å². The molecule has 0 bridgehead atoms. The highest BCUT2D eigenvalue weighted by atomic mass is 16.5. The highest BCUT2D eigenvalue weighted by Crippen LogP contribution is 2.04. The van der Waals surface area contributed by atoms with Crippen molar-refractivity contribution in [2.24, 2.45) is 11.7 Å². The smallest absolute Gasteiger partial charge is 0.404 e. The largest absolute Gasteiger partial charge is 0.449 e. The van der Waals surface area contributed by atoms with Gasteiger partial charge in [-0.05, 0) is 12.3 Å². The van der Waals surface area contributed by atoms with E-state index in [9.17, 15) is 4.79 Å². The van der Waals surface area contributed by atoms with E-state index in [2.05, 4.69) is 11.7 Å². The van der Waals surface area contributed by atoms with Crippen molar-refractivity contribution in [3.63, 3.8) is 0 Å². The highest BCUT2D eigenvalue weighted by molar-refractivity contribution is 5.64. The molecule has 0 aliphatic rings. The molecule has 0 heterocycles. The minimum Gasteiger partial charge on any atom is -0.449 e. The van der Waals surface area contributed by atoms with Crippen LogP contribution in [0.2, 0.25) is 0 Å². The summed E-state index contributed by atoms with van der Waals surface area (Å²) in [5, 5.41) is 0. The first-order valence-corrected chi connectivity index (χ1v) is 3.59. The topological polar surface area (TPSA) is 52.3 Å². The highest BCUT2D eigenvalue weighted by Gasteiger charge is 2.01. The van der Waals surface area contributed by atoms with Gasteiger partial charge in [0.2, 0.25) is 0 Å². The third-order valence-corrected chi connectivity index (χ3v) is 1.29. The number of carbonyl (C=O) groups is 1. The molecule has 0 fully saturated rings. The number of primary amides is 1. The van der Waals surface area contributed by atoms with Crippen LogP contribution in [-0.4, -0.2) is 12.7 Å². The molecule has 1 amide bonds. The maximum Gasteiger partial charge on any atom is 0.404 e. The molecule has 0 aromatic heterocycles. The van der Waals surface area contributed by atoms with Crippen molar-refractivity contribution in [2.75, 3.05) is 6.61 Å². The Balaban J connectivity index is 3.21. The van der Waals surface area contributed by atoms with Gasteiger partial charge >= 0.3 is 6.09 Å². The van der Waals surface area contributed by atoms with E-state index in [1.54, 1.807) is 0 Å². The van der Waals surface area contributed by atoms with Crippen molar-refractivity contribution < 1.29 is 9.53 Å². The first-order chi connectivity index (χ1) is 4.66.